The van der Waals surface area contributed by atoms with Crippen LogP contribution in [0.4, 0.5) is 0 Å². The van der Waals surface area contributed by atoms with Gasteiger partial charge in [-0.1, -0.05) is 39.0 Å². The number of ether oxygens (including phenoxy) is 1. The van der Waals surface area contributed by atoms with Crippen LogP contribution in [-0.2, 0) is 11.2 Å². The number of aliphatic hydroxyl groups excluding tert-OH is 1. The Labute approximate surface area is 127 Å². The zero-order valence-corrected chi connectivity index (χ0v) is 13.5. The zero-order valence-electron chi connectivity index (χ0n) is 13.5. The van der Waals surface area contributed by atoms with Gasteiger partial charge in [-0.05, 0) is 30.4 Å². The van der Waals surface area contributed by atoms with E-state index in [1.165, 1.54) is 0 Å². The molecule has 1 aromatic carbocycles. The Balaban J connectivity index is 2.43. The van der Waals surface area contributed by atoms with Crippen LogP contribution < -0.4 is 10.1 Å². The average molecular weight is 293 g/mol. The maximum absolute atomic E-state index is 11.9. The molecule has 1 amide bonds. The summed E-state index contributed by atoms with van der Waals surface area (Å²) < 4.78 is 5.54. The molecule has 4 heteroatoms. The minimum atomic E-state index is -0.544. The number of carbonyl (C=O) groups excluding carboxylic acids is 1. The summed E-state index contributed by atoms with van der Waals surface area (Å²) in [5.74, 6) is 0.784. The highest BCUT2D eigenvalue weighted by molar-refractivity contribution is 5.76. The Kier molecular flexibility index (Phi) is 6.69. The molecule has 1 atom stereocenters. The van der Waals surface area contributed by atoms with Gasteiger partial charge in [-0.25, -0.2) is 0 Å². The molecular formula is C17H27NO3. The summed E-state index contributed by atoms with van der Waals surface area (Å²) in [7, 11) is 0. The monoisotopic (exact) mass is 293 g/mol. The minimum absolute atomic E-state index is 0.0513. The molecule has 0 spiro atoms. The van der Waals surface area contributed by atoms with Gasteiger partial charge in [0.25, 0.3) is 0 Å². The maximum atomic E-state index is 11.9. The predicted octanol–water partition coefficient (Wildman–Crippen LogP) is 2.54. The first-order valence-electron chi connectivity index (χ1n) is 7.50. The molecule has 118 valence electrons. The Morgan fingerprint density at radius 2 is 2.00 bits per heavy atom. The zero-order chi connectivity index (χ0) is 15.9. The van der Waals surface area contributed by atoms with Gasteiger partial charge in [-0.3, -0.25) is 4.79 Å². The number of benzene rings is 1. The first kappa shape index (κ1) is 17.5. The molecule has 21 heavy (non-hydrogen) atoms. The predicted molar refractivity (Wildman–Crippen MR) is 84.4 cm³/mol. The highest BCUT2D eigenvalue weighted by Gasteiger charge is 2.22. The SMILES string of the molecule is CCOc1ccccc1CCC(=O)NCC(O)C(C)(C)C. The number of aliphatic hydroxyl groups is 1. The van der Waals surface area contributed by atoms with E-state index in [2.05, 4.69) is 5.32 Å². The normalized spacial score (nSPS) is 12.8. The lowest BCUT2D eigenvalue weighted by molar-refractivity contribution is -0.121. The van der Waals surface area contributed by atoms with Crippen LogP contribution in [0.5, 0.6) is 5.75 Å². The summed E-state index contributed by atoms with van der Waals surface area (Å²) >= 11 is 0. The topological polar surface area (TPSA) is 58.6 Å². The van der Waals surface area contributed by atoms with Crippen molar-refractivity contribution < 1.29 is 14.6 Å². The lowest BCUT2D eigenvalue weighted by Gasteiger charge is -2.25. The van der Waals surface area contributed by atoms with Crippen molar-refractivity contribution in [3.63, 3.8) is 0 Å². The first-order chi connectivity index (χ1) is 9.84. The summed E-state index contributed by atoms with van der Waals surface area (Å²) in [4.78, 5) is 11.9. The van der Waals surface area contributed by atoms with Crippen molar-refractivity contribution in [3.8, 4) is 5.75 Å². The molecule has 1 aromatic rings. The Hall–Kier alpha value is -1.55. The van der Waals surface area contributed by atoms with E-state index in [1.54, 1.807) is 0 Å². The van der Waals surface area contributed by atoms with E-state index in [-0.39, 0.29) is 17.9 Å². The van der Waals surface area contributed by atoms with Crippen LogP contribution in [0.25, 0.3) is 0 Å². The molecule has 1 unspecified atom stereocenters. The molecule has 0 aromatic heterocycles. The van der Waals surface area contributed by atoms with Crippen molar-refractivity contribution in [1.82, 2.24) is 5.32 Å². The summed E-state index contributed by atoms with van der Waals surface area (Å²) in [5.41, 5.74) is 0.806. The van der Waals surface area contributed by atoms with Gasteiger partial charge in [0.1, 0.15) is 5.75 Å². The van der Waals surface area contributed by atoms with Crippen LogP contribution in [0.15, 0.2) is 24.3 Å². The third kappa shape index (κ3) is 6.17. The lowest BCUT2D eigenvalue weighted by Crippen LogP contribution is -2.39. The maximum Gasteiger partial charge on any atom is 0.220 e. The van der Waals surface area contributed by atoms with E-state index >= 15 is 0 Å². The fourth-order valence-corrected chi connectivity index (χ4v) is 1.86. The van der Waals surface area contributed by atoms with Crippen molar-refractivity contribution in [2.75, 3.05) is 13.2 Å². The number of carbonyl (C=O) groups is 1. The molecular weight excluding hydrogens is 266 g/mol. The molecule has 4 nitrogen and oxygen atoms in total. The fourth-order valence-electron chi connectivity index (χ4n) is 1.86. The van der Waals surface area contributed by atoms with E-state index in [0.29, 0.717) is 19.4 Å². The molecule has 0 saturated heterocycles. The number of amides is 1. The van der Waals surface area contributed by atoms with Crippen molar-refractivity contribution in [2.45, 2.75) is 46.6 Å². The van der Waals surface area contributed by atoms with E-state index in [0.717, 1.165) is 11.3 Å². The Bertz CT molecular complexity index is 452. The minimum Gasteiger partial charge on any atom is -0.494 e. The van der Waals surface area contributed by atoms with E-state index in [1.807, 2.05) is 52.0 Å². The molecule has 2 N–H and O–H groups in total. The molecule has 0 saturated carbocycles. The lowest BCUT2D eigenvalue weighted by atomic mass is 9.89. The summed E-state index contributed by atoms with van der Waals surface area (Å²) in [6.07, 6.45) is 0.478. The molecule has 1 rings (SSSR count). The van der Waals surface area contributed by atoms with Gasteiger partial charge >= 0.3 is 0 Å². The summed E-state index contributed by atoms with van der Waals surface area (Å²) in [5, 5.41) is 12.7. The second-order valence-corrected chi connectivity index (χ2v) is 6.23. The Morgan fingerprint density at radius 1 is 1.33 bits per heavy atom. The quantitative estimate of drug-likeness (QED) is 0.812. The number of para-hydroxylation sites is 1. The smallest absolute Gasteiger partial charge is 0.220 e. The van der Waals surface area contributed by atoms with Gasteiger partial charge in [-0.2, -0.15) is 0 Å². The van der Waals surface area contributed by atoms with Crippen LogP contribution in [0.3, 0.4) is 0 Å². The molecule has 0 aliphatic heterocycles. The van der Waals surface area contributed by atoms with E-state index in [9.17, 15) is 9.90 Å². The summed E-state index contributed by atoms with van der Waals surface area (Å²) in [6, 6.07) is 7.76. The number of rotatable bonds is 7. The van der Waals surface area contributed by atoms with Crippen LogP contribution in [0.2, 0.25) is 0 Å². The van der Waals surface area contributed by atoms with Gasteiger partial charge in [-0.15, -0.1) is 0 Å². The highest BCUT2D eigenvalue weighted by Crippen LogP contribution is 2.20. The van der Waals surface area contributed by atoms with Crippen LogP contribution in [0.1, 0.15) is 39.7 Å². The van der Waals surface area contributed by atoms with Crippen molar-refractivity contribution in [3.05, 3.63) is 29.8 Å². The van der Waals surface area contributed by atoms with Gasteiger partial charge in [0.2, 0.25) is 5.91 Å². The molecule has 0 aliphatic carbocycles. The third-order valence-corrected chi connectivity index (χ3v) is 3.39. The fraction of sp³-hybridized carbons (Fsp3) is 0.588. The van der Waals surface area contributed by atoms with Gasteiger partial charge in [0, 0.05) is 13.0 Å². The van der Waals surface area contributed by atoms with Crippen LogP contribution in [0, 0.1) is 5.41 Å². The van der Waals surface area contributed by atoms with E-state index in [4.69, 9.17) is 4.74 Å². The number of aryl methyl sites for hydroxylation is 1. The molecule has 0 bridgehead atoms. The summed E-state index contributed by atoms with van der Waals surface area (Å²) in [6.45, 7) is 8.68. The third-order valence-electron chi connectivity index (χ3n) is 3.39. The van der Waals surface area contributed by atoms with Crippen molar-refractivity contribution in [2.24, 2.45) is 5.41 Å². The number of hydrogen-bond acceptors (Lipinski definition) is 3. The van der Waals surface area contributed by atoms with E-state index < -0.39 is 6.10 Å². The molecule has 0 fully saturated rings. The second kappa shape index (κ2) is 8.03. The Morgan fingerprint density at radius 3 is 2.62 bits per heavy atom. The van der Waals surface area contributed by atoms with Crippen molar-refractivity contribution in [1.29, 1.82) is 0 Å². The number of hydrogen-bond donors (Lipinski definition) is 2. The highest BCUT2D eigenvalue weighted by atomic mass is 16.5. The standard InChI is InChI=1S/C17H27NO3/c1-5-21-14-9-7-6-8-13(14)10-11-16(20)18-12-15(19)17(2,3)4/h6-9,15,19H,5,10-12H2,1-4H3,(H,18,20). The molecule has 0 aliphatic rings. The largest absolute Gasteiger partial charge is 0.494 e. The van der Waals surface area contributed by atoms with Gasteiger partial charge in [0.15, 0.2) is 0 Å². The first-order valence-corrected chi connectivity index (χ1v) is 7.50. The average Bonchev–Trinajstić information content (AvgIpc) is 2.43. The van der Waals surface area contributed by atoms with Crippen molar-refractivity contribution >= 4 is 5.91 Å². The molecule has 0 radical (unpaired) electrons. The second-order valence-electron chi connectivity index (χ2n) is 6.23. The van der Waals surface area contributed by atoms with Crippen LogP contribution >= 0.6 is 0 Å². The van der Waals surface area contributed by atoms with Gasteiger partial charge < -0.3 is 15.2 Å². The van der Waals surface area contributed by atoms with Crippen LogP contribution in [-0.4, -0.2) is 30.3 Å². The number of nitrogens with one attached hydrogen (secondary N) is 1. The van der Waals surface area contributed by atoms with Gasteiger partial charge in [0.05, 0.1) is 12.7 Å². The molecule has 0 heterocycles.